The van der Waals surface area contributed by atoms with Crippen LogP contribution >= 0.6 is 22.7 Å². The first-order valence-electron chi connectivity index (χ1n) is 5.48. The molecule has 0 saturated heterocycles. The quantitative estimate of drug-likeness (QED) is 0.887. The van der Waals surface area contributed by atoms with Crippen LogP contribution in [0.3, 0.4) is 0 Å². The van der Waals surface area contributed by atoms with Crippen LogP contribution in [0, 0.1) is 0 Å². The second-order valence-electron chi connectivity index (χ2n) is 4.95. The minimum absolute atomic E-state index is 0.0125. The molecule has 0 bridgehead atoms. The summed E-state index contributed by atoms with van der Waals surface area (Å²) in [6.07, 6.45) is 0. The lowest BCUT2D eigenvalue weighted by molar-refractivity contribution is 0.103. The summed E-state index contributed by atoms with van der Waals surface area (Å²) in [7, 11) is 0. The van der Waals surface area contributed by atoms with E-state index in [2.05, 4.69) is 31.1 Å². The zero-order chi connectivity index (χ0) is 13.3. The van der Waals surface area contributed by atoms with Crippen LogP contribution in [0.15, 0.2) is 16.8 Å². The van der Waals surface area contributed by atoms with E-state index >= 15 is 0 Å². The number of nitrogens with one attached hydrogen (secondary N) is 1. The van der Waals surface area contributed by atoms with Crippen LogP contribution in [-0.2, 0) is 5.41 Å². The van der Waals surface area contributed by atoms with Gasteiger partial charge >= 0.3 is 0 Å². The monoisotopic (exact) mass is 281 g/mol. The van der Waals surface area contributed by atoms with Gasteiger partial charge in [0.25, 0.3) is 5.91 Å². The molecule has 2 aromatic heterocycles. The topological polar surface area (TPSA) is 68.0 Å². The summed E-state index contributed by atoms with van der Waals surface area (Å²) in [5.41, 5.74) is 7.17. The van der Waals surface area contributed by atoms with Crippen molar-refractivity contribution in [2.45, 2.75) is 26.2 Å². The number of anilines is 2. The van der Waals surface area contributed by atoms with Gasteiger partial charge in [-0.25, -0.2) is 4.98 Å². The number of nitrogens with two attached hydrogens (primary N) is 1. The Morgan fingerprint density at radius 1 is 1.39 bits per heavy atom. The average Bonchev–Trinajstić information content (AvgIpc) is 2.85. The Labute approximate surface area is 114 Å². The Bertz CT molecular complexity index is 566. The van der Waals surface area contributed by atoms with Gasteiger partial charge < -0.3 is 5.73 Å². The van der Waals surface area contributed by atoms with Crippen molar-refractivity contribution in [3.63, 3.8) is 0 Å². The second-order valence-corrected chi connectivity index (χ2v) is 6.72. The molecule has 0 spiro atoms. The van der Waals surface area contributed by atoms with E-state index in [1.165, 1.54) is 22.7 Å². The maximum atomic E-state index is 11.9. The first-order chi connectivity index (χ1) is 8.38. The van der Waals surface area contributed by atoms with Crippen LogP contribution in [0.25, 0.3) is 0 Å². The third-order valence-corrected chi connectivity index (χ3v) is 4.08. The highest BCUT2D eigenvalue weighted by Gasteiger charge is 2.19. The normalized spacial score (nSPS) is 11.5. The third-order valence-electron chi connectivity index (χ3n) is 2.39. The van der Waals surface area contributed by atoms with Crippen molar-refractivity contribution in [2.24, 2.45) is 0 Å². The lowest BCUT2D eigenvalue weighted by Crippen LogP contribution is -2.14. The Kier molecular flexibility index (Phi) is 3.41. The highest BCUT2D eigenvalue weighted by molar-refractivity contribution is 7.14. The molecule has 0 aliphatic rings. The molecule has 0 saturated carbocycles. The minimum atomic E-state index is -0.197. The van der Waals surface area contributed by atoms with Crippen LogP contribution in [0.4, 0.5) is 10.8 Å². The summed E-state index contributed by atoms with van der Waals surface area (Å²) in [6.45, 7) is 6.26. The molecule has 0 aliphatic heterocycles. The number of nitrogens with zero attached hydrogens (tertiary/aromatic N) is 1. The fourth-order valence-electron chi connectivity index (χ4n) is 1.33. The Morgan fingerprint density at radius 3 is 2.61 bits per heavy atom. The predicted octanol–water partition coefficient (Wildman–Crippen LogP) is 3.34. The van der Waals surface area contributed by atoms with Gasteiger partial charge in [-0.15, -0.1) is 22.7 Å². The predicted molar refractivity (Wildman–Crippen MR) is 77.5 cm³/mol. The zero-order valence-corrected chi connectivity index (χ0v) is 12.1. The maximum absolute atomic E-state index is 11.9. The van der Waals surface area contributed by atoms with E-state index in [0.29, 0.717) is 15.7 Å². The molecule has 0 aromatic carbocycles. The van der Waals surface area contributed by atoms with Crippen LogP contribution < -0.4 is 11.1 Å². The molecule has 6 heteroatoms. The van der Waals surface area contributed by atoms with E-state index in [-0.39, 0.29) is 11.3 Å². The molecule has 0 unspecified atom stereocenters. The van der Waals surface area contributed by atoms with E-state index in [1.54, 1.807) is 11.4 Å². The maximum Gasteiger partial charge on any atom is 0.269 e. The SMILES string of the molecule is CC(C)(C)c1csc(NC(=O)c2sccc2N)n1. The molecule has 2 heterocycles. The van der Waals surface area contributed by atoms with Gasteiger partial charge in [0.2, 0.25) is 0 Å². The van der Waals surface area contributed by atoms with E-state index in [1.807, 2.05) is 5.38 Å². The third kappa shape index (κ3) is 2.70. The molecule has 0 fully saturated rings. The number of thiophene rings is 1. The fourth-order valence-corrected chi connectivity index (χ4v) is 2.98. The van der Waals surface area contributed by atoms with Crippen molar-refractivity contribution >= 4 is 39.4 Å². The smallest absolute Gasteiger partial charge is 0.269 e. The summed E-state index contributed by atoms with van der Waals surface area (Å²) < 4.78 is 0. The molecule has 18 heavy (non-hydrogen) atoms. The van der Waals surface area contributed by atoms with Gasteiger partial charge in [-0.3, -0.25) is 10.1 Å². The molecule has 3 N–H and O–H groups in total. The first-order valence-corrected chi connectivity index (χ1v) is 7.24. The Balaban J connectivity index is 2.13. The number of aromatic nitrogens is 1. The second kappa shape index (κ2) is 4.70. The highest BCUT2D eigenvalue weighted by Crippen LogP contribution is 2.27. The fraction of sp³-hybridized carbons (Fsp3) is 0.333. The summed E-state index contributed by atoms with van der Waals surface area (Å²) in [5.74, 6) is -0.197. The number of amides is 1. The van der Waals surface area contributed by atoms with Gasteiger partial charge in [-0.1, -0.05) is 20.8 Å². The summed E-state index contributed by atoms with van der Waals surface area (Å²) in [6, 6.07) is 1.72. The van der Waals surface area contributed by atoms with E-state index in [0.717, 1.165) is 5.69 Å². The Morgan fingerprint density at radius 2 is 2.11 bits per heavy atom. The molecular formula is C12H15N3OS2. The van der Waals surface area contributed by atoms with Crippen LogP contribution in [0.2, 0.25) is 0 Å². The first kappa shape index (κ1) is 13.0. The van der Waals surface area contributed by atoms with E-state index < -0.39 is 0 Å². The number of hydrogen-bond donors (Lipinski definition) is 2. The number of rotatable bonds is 2. The van der Waals surface area contributed by atoms with Crippen molar-refractivity contribution in [3.8, 4) is 0 Å². The summed E-state index contributed by atoms with van der Waals surface area (Å²) in [5, 5.41) is 7.15. The molecule has 0 atom stereocenters. The summed E-state index contributed by atoms with van der Waals surface area (Å²) in [4.78, 5) is 16.9. The van der Waals surface area contributed by atoms with Gasteiger partial charge in [-0.2, -0.15) is 0 Å². The van der Waals surface area contributed by atoms with Gasteiger partial charge in [-0.05, 0) is 11.4 Å². The summed E-state index contributed by atoms with van der Waals surface area (Å²) >= 11 is 2.76. The van der Waals surface area contributed by atoms with Gasteiger partial charge in [0, 0.05) is 10.8 Å². The molecule has 0 aliphatic carbocycles. The van der Waals surface area contributed by atoms with Crippen molar-refractivity contribution < 1.29 is 4.79 Å². The average molecular weight is 281 g/mol. The minimum Gasteiger partial charge on any atom is -0.397 e. The lowest BCUT2D eigenvalue weighted by Gasteiger charge is -2.14. The van der Waals surface area contributed by atoms with Crippen molar-refractivity contribution in [1.82, 2.24) is 4.98 Å². The molecule has 4 nitrogen and oxygen atoms in total. The largest absolute Gasteiger partial charge is 0.397 e. The highest BCUT2D eigenvalue weighted by atomic mass is 32.1. The number of carbonyl (C=O) groups excluding carboxylic acids is 1. The number of thiazole rings is 1. The van der Waals surface area contributed by atoms with Gasteiger partial charge in [0.15, 0.2) is 5.13 Å². The number of carbonyl (C=O) groups is 1. The molecule has 96 valence electrons. The molecule has 2 aromatic rings. The van der Waals surface area contributed by atoms with Crippen molar-refractivity contribution in [3.05, 3.63) is 27.4 Å². The molecule has 2 rings (SSSR count). The van der Waals surface area contributed by atoms with Gasteiger partial charge in [0.1, 0.15) is 4.88 Å². The van der Waals surface area contributed by atoms with Crippen LogP contribution in [0.5, 0.6) is 0 Å². The van der Waals surface area contributed by atoms with Crippen LogP contribution in [-0.4, -0.2) is 10.9 Å². The molecule has 1 amide bonds. The van der Waals surface area contributed by atoms with Crippen molar-refractivity contribution in [2.75, 3.05) is 11.1 Å². The van der Waals surface area contributed by atoms with E-state index in [4.69, 9.17) is 5.73 Å². The molecular weight excluding hydrogens is 266 g/mol. The number of hydrogen-bond acceptors (Lipinski definition) is 5. The standard InChI is InChI=1S/C12H15N3OS2/c1-12(2,3)8-6-18-11(14-8)15-10(16)9-7(13)4-5-17-9/h4-6H,13H2,1-3H3,(H,14,15,16). The van der Waals surface area contributed by atoms with Crippen molar-refractivity contribution in [1.29, 1.82) is 0 Å². The molecule has 0 radical (unpaired) electrons. The zero-order valence-electron chi connectivity index (χ0n) is 10.5. The Hall–Kier alpha value is -1.40. The van der Waals surface area contributed by atoms with Crippen LogP contribution in [0.1, 0.15) is 36.1 Å². The number of nitrogen functional groups attached to an aromatic ring is 1. The lowest BCUT2D eigenvalue weighted by atomic mass is 9.93. The van der Waals surface area contributed by atoms with E-state index in [9.17, 15) is 4.79 Å². The van der Waals surface area contributed by atoms with Gasteiger partial charge in [0.05, 0.1) is 11.4 Å².